The number of rotatable bonds is 2. The summed E-state index contributed by atoms with van der Waals surface area (Å²) >= 11 is 0. The Morgan fingerprint density at radius 1 is 1.47 bits per heavy atom. The van der Waals surface area contributed by atoms with Crippen LogP contribution in [0.15, 0.2) is 12.3 Å². The van der Waals surface area contributed by atoms with Crippen LogP contribution in [-0.2, 0) is 0 Å². The Kier molecular flexibility index (Phi) is 2.15. The quantitative estimate of drug-likeness (QED) is 0.774. The lowest BCUT2D eigenvalue weighted by Gasteiger charge is -2.04. The molecule has 0 aliphatic rings. The second-order valence-electron chi connectivity index (χ2n) is 2.99. The molecule has 0 saturated heterocycles. The van der Waals surface area contributed by atoms with Crippen molar-refractivity contribution in [3.05, 3.63) is 29.5 Å². The van der Waals surface area contributed by atoms with Crippen LogP contribution in [0.2, 0.25) is 0 Å². The molecule has 3 nitrogen and oxygen atoms in total. The van der Waals surface area contributed by atoms with Crippen molar-refractivity contribution < 1.29 is 18.3 Å². The van der Waals surface area contributed by atoms with E-state index in [9.17, 15) is 13.6 Å². The smallest absolute Gasteiger partial charge is 0.191 e. The van der Waals surface area contributed by atoms with Crippen LogP contribution in [0.1, 0.15) is 10.4 Å². The maximum atomic E-state index is 13.7. The molecule has 1 N–H and O–H groups in total. The third kappa shape index (κ3) is 1.27. The van der Waals surface area contributed by atoms with E-state index in [4.69, 9.17) is 0 Å². The molecule has 0 bridgehead atoms. The number of aromatic amines is 1. The maximum Gasteiger partial charge on any atom is 0.191 e. The average Bonchev–Trinajstić information content (AvgIpc) is 2.61. The van der Waals surface area contributed by atoms with Gasteiger partial charge in [-0.25, -0.2) is 8.78 Å². The Balaban J connectivity index is 2.89. The van der Waals surface area contributed by atoms with Gasteiger partial charge in [-0.05, 0) is 0 Å². The maximum absolute atomic E-state index is 13.7. The van der Waals surface area contributed by atoms with Crippen molar-refractivity contribution in [2.24, 2.45) is 0 Å². The highest BCUT2D eigenvalue weighted by Crippen LogP contribution is 2.30. The molecule has 0 aliphatic carbocycles. The van der Waals surface area contributed by atoms with Gasteiger partial charge in [-0.3, -0.25) is 4.79 Å². The van der Waals surface area contributed by atoms with Gasteiger partial charge >= 0.3 is 0 Å². The second kappa shape index (κ2) is 3.34. The summed E-state index contributed by atoms with van der Waals surface area (Å²) in [5.41, 5.74) is 0.369. The topological polar surface area (TPSA) is 42.1 Å². The Morgan fingerprint density at radius 3 is 2.80 bits per heavy atom. The molecule has 0 radical (unpaired) electrons. The first-order valence-corrected chi connectivity index (χ1v) is 4.17. The summed E-state index contributed by atoms with van der Waals surface area (Å²) in [4.78, 5) is 13.2. The molecule has 1 aromatic heterocycles. The molecule has 0 amide bonds. The van der Waals surface area contributed by atoms with Crippen molar-refractivity contribution in [2.75, 3.05) is 7.11 Å². The molecule has 5 heteroatoms. The summed E-state index contributed by atoms with van der Waals surface area (Å²) in [7, 11) is 1.17. The number of hydrogen-bond acceptors (Lipinski definition) is 2. The molecule has 2 aromatic rings. The van der Waals surface area contributed by atoms with Crippen molar-refractivity contribution in [2.45, 2.75) is 0 Å². The number of aldehydes is 1. The van der Waals surface area contributed by atoms with Crippen molar-refractivity contribution in [1.29, 1.82) is 0 Å². The predicted octanol–water partition coefficient (Wildman–Crippen LogP) is 2.27. The van der Waals surface area contributed by atoms with Gasteiger partial charge in [0.25, 0.3) is 0 Å². The number of carbonyl (C=O) groups excluding carboxylic acids is 1. The highest BCUT2D eigenvalue weighted by Gasteiger charge is 2.17. The zero-order valence-corrected chi connectivity index (χ0v) is 7.80. The van der Waals surface area contributed by atoms with Crippen molar-refractivity contribution >= 4 is 17.2 Å². The van der Waals surface area contributed by atoms with Gasteiger partial charge in [0.05, 0.1) is 12.6 Å². The lowest BCUT2D eigenvalue weighted by atomic mass is 10.1. The summed E-state index contributed by atoms with van der Waals surface area (Å²) in [5.74, 6) is -2.15. The fraction of sp³-hybridized carbons (Fsp3) is 0.100. The number of halogens is 2. The molecule has 0 atom stereocenters. The van der Waals surface area contributed by atoms with Crippen LogP contribution >= 0.6 is 0 Å². The SMILES string of the molecule is COc1c(F)cc2[nH]cc(C=O)c2c1F. The second-order valence-corrected chi connectivity index (χ2v) is 2.99. The first kappa shape index (κ1) is 9.64. The van der Waals surface area contributed by atoms with Gasteiger partial charge in [0, 0.05) is 23.2 Å². The third-order valence-corrected chi connectivity index (χ3v) is 2.18. The monoisotopic (exact) mass is 211 g/mol. The van der Waals surface area contributed by atoms with Gasteiger partial charge < -0.3 is 9.72 Å². The summed E-state index contributed by atoms with van der Waals surface area (Å²) in [5, 5.41) is 0.0447. The fourth-order valence-corrected chi connectivity index (χ4v) is 1.50. The van der Waals surface area contributed by atoms with Crippen LogP contribution in [0.25, 0.3) is 10.9 Å². The number of hydrogen-bond donors (Lipinski definition) is 1. The third-order valence-electron chi connectivity index (χ3n) is 2.18. The number of benzene rings is 1. The molecule has 1 heterocycles. The van der Waals surface area contributed by atoms with E-state index in [1.165, 1.54) is 13.3 Å². The van der Waals surface area contributed by atoms with Gasteiger partial charge in [-0.1, -0.05) is 0 Å². The minimum absolute atomic E-state index is 0.0447. The van der Waals surface area contributed by atoms with Gasteiger partial charge in [-0.2, -0.15) is 0 Å². The van der Waals surface area contributed by atoms with Crippen LogP contribution in [0.3, 0.4) is 0 Å². The predicted molar refractivity (Wildman–Crippen MR) is 50.2 cm³/mol. The normalized spacial score (nSPS) is 10.6. The molecule has 15 heavy (non-hydrogen) atoms. The van der Waals surface area contributed by atoms with Crippen LogP contribution in [0.5, 0.6) is 5.75 Å². The van der Waals surface area contributed by atoms with Crippen LogP contribution in [0.4, 0.5) is 8.78 Å². The van der Waals surface area contributed by atoms with E-state index < -0.39 is 17.4 Å². The van der Waals surface area contributed by atoms with Gasteiger partial charge in [0.1, 0.15) is 0 Å². The molecule has 0 fully saturated rings. The molecule has 2 rings (SSSR count). The van der Waals surface area contributed by atoms with Crippen molar-refractivity contribution in [3.8, 4) is 5.75 Å². The largest absolute Gasteiger partial charge is 0.491 e. The van der Waals surface area contributed by atoms with Crippen LogP contribution < -0.4 is 4.74 Å². The molecule has 78 valence electrons. The van der Waals surface area contributed by atoms with Crippen molar-refractivity contribution in [1.82, 2.24) is 4.98 Å². The van der Waals surface area contributed by atoms with E-state index in [0.717, 1.165) is 6.07 Å². The summed E-state index contributed by atoms with van der Waals surface area (Å²) in [6.45, 7) is 0. The Labute approximate surface area is 83.7 Å². The van der Waals surface area contributed by atoms with E-state index in [1.807, 2.05) is 0 Å². The number of ether oxygens (including phenoxy) is 1. The molecule has 0 spiro atoms. The van der Waals surface area contributed by atoms with E-state index in [2.05, 4.69) is 9.72 Å². The zero-order valence-electron chi connectivity index (χ0n) is 7.80. The van der Waals surface area contributed by atoms with E-state index in [1.54, 1.807) is 0 Å². The molecule has 0 aliphatic heterocycles. The minimum Gasteiger partial charge on any atom is -0.491 e. The lowest BCUT2D eigenvalue weighted by Crippen LogP contribution is -1.94. The number of aromatic nitrogens is 1. The standard InChI is InChI=1S/C10H7F2NO2/c1-15-10-6(11)2-7-8(9(10)12)5(4-14)3-13-7/h2-4,13H,1H3. The van der Waals surface area contributed by atoms with Gasteiger partial charge in [-0.15, -0.1) is 0 Å². The Hall–Kier alpha value is -1.91. The molecule has 0 unspecified atom stereocenters. The van der Waals surface area contributed by atoms with E-state index >= 15 is 0 Å². The number of fused-ring (bicyclic) bond motifs is 1. The average molecular weight is 211 g/mol. The number of carbonyl (C=O) groups is 1. The molecule has 0 saturated carbocycles. The van der Waals surface area contributed by atoms with E-state index in [-0.39, 0.29) is 16.5 Å². The Bertz CT molecular complexity index is 534. The minimum atomic E-state index is -0.865. The fourth-order valence-electron chi connectivity index (χ4n) is 1.50. The summed E-state index contributed by atoms with van der Waals surface area (Å²) < 4.78 is 31.5. The molecular weight excluding hydrogens is 204 g/mol. The number of methoxy groups -OCH3 is 1. The summed E-state index contributed by atoms with van der Waals surface area (Å²) in [6, 6.07) is 1.09. The Morgan fingerprint density at radius 2 is 2.20 bits per heavy atom. The first-order valence-electron chi connectivity index (χ1n) is 4.17. The van der Waals surface area contributed by atoms with Crippen LogP contribution in [0, 0.1) is 11.6 Å². The highest BCUT2D eigenvalue weighted by atomic mass is 19.1. The zero-order chi connectivity index (χ0) is 11.0. The summed E-state index contributed by atoms with van der Waals surface area (Å²) in [6.07, 6.45) is 1.82. The van der Waals surface area contributed by atoms with Gasteiger partial charge in [0.15, 0.2) is 23.7 Å². The highest BCUT2D eigenvalue weighted by molar-refractivity contribution is 5.98. The molecule has 1 aromatic carbocycles. The first-order chi connectivity index (χ1) is 7.19. The number of H-pyrrole nitrogens is 1. The van der Waals surface area contributed by atoms with E-state index in [0.29, 0.717) is 6.29 Å². The van der Waals surface area contributed by atoms with Crippen molar-refractivity contribution in [3.63, 3.8) is 0 Å². The van der Waals surface area contributed by atoms with Crippen LogP contribution in [-0.4, -0.2) is 18.4 Å². The van der Waals surface area contributed by atoms with Gasteiger partial charge in [0.2, 0.25) is 0 Å². The number of nitrogens with one attached hydrogen (secondary N) is 1. The molecular formula is C10H7F2NO2. The lowest BCUT2D eigenvalue weighted by molar-refractivity contribution is 0.112.